The van der Waals surface area contributed by atoms with Crippen molar-refractivity contribution in [2.45, 2.75) is 218 Å². The SMILES string of the molecule is CCCCCC[C@H](C)CCCCCCCCCOC[C@H](O)CO[C@@H]1[C@@H](O)[C@H](O)[C@@H](O)[C@@H]1OC(=O)CCCCCCCC[C@H](C)CCCC. The smallest absolute Gasteiger partial charge is 0.306 e. The molecule has 8 atom stereocenters. The molecule has 0 spiro atoms. The molecule has 286 valence electrons. The van der Waals surface area contributed by atoms with E-state index in [4.69, 9.17) is 14.2 Å². The number of hydrogen-bond acceptors (Lipinski definition) is 8. The van der Waals surface area contributed by atoms with Crippen LogP contribution in [-0.4, -0.2) is 82.8 Å². The summed E-state index contributed by atoms with van der Waals surface area (Å²) in [5.41, 5.74) is 0. The fraction of sp³-hybridized carbons (Fsp3) is 0.975. The summed E-state index contributed by atoms with van der Waals surface area (Å²) >= 11 is 0. The van der Waals surface area contributed by atoms with Crippen LogP contribution >= 0.6 is 0 Å². The zero-order valence-corrected chi connectivity index (χ0v) is 31.6. The predicted octanol–water partition coefficient (Wildman–Crippen LogP) is 8.43. The van der Waals surface area contributed by atoms with Gasteiger partial charge in [0.1, 0.15) is 30.5 Å². The Hall–Kier alpha value is -0.770. The lowest BCUT2D eigenvalue weighted by atomic mass is 9.96. The van der Waals surface area contributed by atoms with Crippen LogP contribution in [-0.2, 0) is 19.0 Å². The second kappa shape index (κ2) is 29.9. The van der Waals surface area contributed by atoms with Gasteiger partial charge in [-0.2, -0.15) is 0 Å². The summed E-state index contributed by atoms with van der Waals surface area (Å²) in [6.07, 6.45) is 20.8. The molecule has 1 fully saturated rings. The van der Waals surface area contributed by atoms with E-state index in [0.29, 0.717) is 13.0 Å². The third-order valence-corrected chi connectivity index (χ3v) is 10.2. The standard InChI is InChI=1S/C40H78O8/c1-5-7-9-19-25-33(4)27-21-15-11-10-14-18-23-29-46-30-34(41)31-47-39-37(44)36(43)38(45)40(39)48-35(42)28-22-17-13-12-16-20-26-32(3)24-8-6-2/h32-34,36-41,43-45H,5-31H2,1-4H3/t32-,33+,34+,36+,37+,38-,39-,40+/m1/s1. The van der Waals surface area contributed by atoms with Gasteiger partial charge in [-0.15, -0.1) is 0 Å². The Morgan fingerprint density at radius 2 is 1.02 bits per heavy atom. The van der Waals surface area contributed by atoms with Gasteiger partial charge >= 0.3 is 5.97 Å². The third-order valence-electron chi connectivity index (χ3n) is 10.2. The van der Waals surface area contributed by atoms with Crippen molar-refractivity contribution in [2.75, 3.05) is 19.8 Å². The van der Waals surface area contributed by atoms with Gasteiger partial charge in [-0.05, 0) is 24.7 Å². The van der Waals surface area contributed by atoms with E-state index in [1.807, 2.05) is 0 Å². The highest BCUT2D eigenvalue weighted by Gasteiger charge is 2.52. The first-order valence-electron chi connectivity index (χ1n) is 20.3. The molecule has 1 saturated carbocycles. The zero-order valence-electron chi connectivity index (χ0n) is 31.6. The molecule has 1 aliphatic carbocycles. The normalized spacial score (nSPS) is 23.0. The van der Waals surface area contributed by atoms with Gasteiger partial charge in [0, 0.05) is 13.0 Å². The summed E-state index contributed by atoms with van der Waals surface area (Å²) in [5, 5.41) is 41.4. The molecule has 0 saturated heterocycles. The summed E-state index contributed by atoms with van der Waals surface area (Å²) in [5.74, 6) is 1.18. The second-order valence-electron chi connectivity index (χ2n) is 15.1. The molecule has 0 aromatic heterocycles. The first-order valence-corrected chi connectivity index (χ1v) is 20.3. The van der Waals surface area contributed by atoms with E-state index in [0.717, 1.165) is 43.9 Å². The monoisotopic (exact) mass is 687 g/mol. The van der Waals surface area contributed by atoms with Crippen molar-refractivity contribution >= 4 is 5.97 Å². The number of hydrogen-bond donors (Lipinski definition) is 4. The molecule has 8 heteroatoms. The molecule has 0 amide bonds. The highest BCUT2D eigenvalue weighted by molar-refractivity contribution is 5.69. The minimum absolute atomic E-state index is 0.0902. The van der Waals surface area contributed by atoms with E-state index < -0.39 is 42.6 Å². The van der Waals surface area contributed by atoms with Crippen LogP contribution < -0.4 is 0 Å². The van der Waals surface area contributed by atoms with Crippen molar-refractivity contribution in [1.29, 1.82) is 0 Å². The Morgan fingerprint density at radius 1 is 0.562 bits per heavy atom. The lowest BCUT2D eigenvalue weighted by Gasteiger charge is -2.24. The van der Waals surface area contributed by atoms with Gasteiger partial charge in [0.15, 0.2) is 6.10 Å². The summed E-state index contributed by atoms with van der Waals surface area (Å²) < 4.78 is 16.7. The lowest BCUT2D eigenvalue weighted by Crippen LogP contribution is -2.41. The molecular formula is C40H78O8. The van der Waals surface area contributed by atoms with Crippen molar-refractivity contribution in [3.05, 3.63) is 0 Å². The fourth-order valence-corrected chi connectivity index (χ4v) is 6.82. The largest absolute Gasteiger partial charge is 0.457 e. The molecule has 0 radical (unpaired) electrons. The molecule has 0 aliphatic heterocycles. The van der Waals surface area contributed by atoms with Gasteiger partial charge in [-0.3, -0.25) is 4.79 Å². The average molecular weight is 687 g/mol. The van der Waals surface area contributed by atoms with Crippen LogP contribution in [0, 0.1) is 11.8 Å². The quantitative estimate of drug-likeness (QED) is 0.0401. The van der Waals surface area contributed by atoms with Crippen LogP contribution in [0.1, 0.15) is 182 Å². The number of unbranched alkanes of at least 4 members (excludes halogenated alkanes) is 15. The Morgan fingerprint density at radius 3 is 1.58 bits per heavy atom. The summed E-state index contributed by atoms with van der Waals surface area (Å²) in [6, 6.07) is 0. The van der Waals surface area contributed by atoms with Crippen LogP contribution in [0.2, 0.25) is 0 Å². The van der Waals surface area contributed by atoms with E-state index in [9.17, 15) is 25.2 Å². The number of ether oxygens (including phenoxy) is 3. The van der Waals surface area contributed by atoms with E-state index in [1.165, 1.54) is 109 Å². The van der Waals surface area contributed by atoms with Crippen LogP contribution in [0.25, 0.3) is 0 Å². The van der Waals surface area contributed by atoms with Crippen LogP contribution in [0.3, 0.4) is 0 Å². The topological polar surface area (TPSA) is 126 Å². The van der Waals surface area contributed by atoms with Gasteiger partial charge in [0.2, 0.25) is 0 Å². The highest BCUT2D eigenvalue weighted by atomic mass is 16.6. The molecule has 0 aromatic carbocycles. The Balaban J connectivity index is 2.12. The van der Waals surface area contributed by atoms with E-state index in [1.54, 1.807) is 0 Å². The lowest BCUT2D eigenvalue weighted by molar-refractivity contribution is -0.168. The molecule has 1 rings (SSSR count). The maximum Gasteiger partial charge on any atom is 0.306 e. The van der Waals surface area contributed by atoms with Crippen molar-refractivity contribution in [3.63, 3.8) is 0 Å². The van der Waals surface area contributed by atoms with Crippen LogP contribution in [0.15, 0.2) is 0 Å². The maximum atomic E-state index is 12.5. The van der Waals surface area contributed by atoms with E-state index in [-0.39, 0.29) is 19.6 Å². The number of carbonyl (C=O) groups is 1. The number of rotatable bonds is 33. The van der Waals surface area contributed by atoms with Crippen molar-refractivity contribution in [3.8, 4) is 0 Å². The maximum absolute atomic E-state index is 12.5. The highest BCUT2D eigenvalue weighted by Crippen LogP contribution is 2.28. The Bertz CT molecular complexity index is 736. The summed E-state index contributed by atoms with van der Waals surface area (Å²) in [7, 11) is 0. The average Bonchev–Trinajstić information content (AvgIpc) is 3.26. The molecule has 1 aliphatic rings. The Kier molecular flexibility index (Phi) is 28.2. The minimum Gasteiger partial charge on any atom is -0.457 e. The molecule has 8 nitrogen and oxygen atoms in total. The van der Waals surface area contributed by atoms with Gasteiger partial charge in [-0.25, -0.2) is 0 Å². The summed E-state index contributed by atoms with van der Waals surface area (Å²) in [6.45, 7) is 9.74. The van der Waals surface area contributed by atoms with Crippen molar-refractivity contribution in [1.82, 2.24) is 0 Å². The fourth-order valence-electron chi connectivity index (χ4n) is 6.82. The molecule has 48 heavy (non-hydrogen) atoms. The van der Waals surface area contributed by atoms with Gasteiger partial charge in [0.25, 0.3) is 0 Å². The van der Waals surface area contributed by atoms with Crippen LogP contribution in [0.4, 0.5) is 0 Å². The molecule has 0 aromatic rings. The number of esters is 1. The number of aliphatic hydroxyl groups is 4. The van der Waals surface area contributed by atoms with E-state index in [2.05, 4.69) is 27.7 Å². The molecule has 0 heterocycles. The zero-order chi connectivity index (χ0) is 35.4. The first-order chi connectivity index (χ1) is 23.2. The minimum atomic E-state index is -1.49. The predicted molar refractivity (Wildman–Crippen MR) is 195 cm³/mol. The van der Waals surface area contributed by atoms with Crippen LogP contribution in [0.5, 0.6) is 0 Å². The number of aliphatic hydroxyl groups excluding tert-OH is 4. The Labute approximate surface area is 295 Å². The first kappa shape index (κ1) is 45.3. The number of carbonyl (C=O) groups excluding carboxylic acids is 1. The molecule has 0 bridgehead atoms. The molecular weight excluding hydrogens is 608 g/mol. The second-order valence-corrected chi connectivity index (χ2v) is 15.1. The molecule has 4 N–H and O–H groups in total. The third kappa shape index (κ3) is 22.1. The van der Waals surface area contributed by atoms with Gasteiger partial charge < -0.3 is 34.6 Å². The van der Waals surface area contributed by atoms with Crippen molar-refractivity contribution < 1.29 is 39.4 Å². The van der Waals surface area contributed by atoms with Gasteiger partial charge in [-0.1, -0.05) is 163 Å². The summed E-state index contributed by atoms with van der Waals surface area (Å²) in [4.78, 5) is 12.5. The van der Waals surface area contributed by atoms with Crippen molar-refractivity contribution in [2.24, 2.45) is 11.8 Å². The van der Waals surface area contributed by atoms with Gasteiger partial charge in [0.05, 0.1) is 13.2 Å². The molecule has 0 unspecified atom stereocenters. The van der Waals surface area contributed by atoms with E-state index >= 15 is 0 Å².